The number of benzene rings is 1. The van der Waals surface area contributed by atoms with Crippen LogP contribution in [0.4, 0.5) is 5.82 Å². The van der Waals surface area contributed by atoms with E-state index in [9.17, 15) is 15.0 Å². The van der Waals surface area contributed by atoms with Gasteiger partial charge in [0.15, 0.2) is 0 Å². The Hall–Kier alpha value is -1.73. The molecule has 7 heteroatoms. The lowest BCUT2D eigenvalue weighted by atomic mass is 10.1. The summed E-state index contributed by atoms with van der Waals surface area (Å²) in [6.07, 6.45) is 0.217. The molecule has 2 N–H and O–H groups in total. The number of nitrogens with one attached hydrogen (secondary N) is 1. The van der Waals surface area contributed by atoms with E-state index in [1.54, 1.807) is 12.1 Å². The van der Waals surface area contributed by atoms with Gasteiger partial charge in [-0.25, -0.2) is 9.97 Å². The number of carbonyl (C=O) groups excluding carboxylic acids is 1. The maximum absolute atomic E-state index is 11.0. The van der Waals surface area contributed by atoms with Gasteiger partial charge in [0.2, 0.25) is 0 Å². The highest BCUT2D eigenvalue weighted by molar-refractivity contribution is 9.10. The lowest BCUT2D eigenvalue weighted by Crippen LogP contribution is -2.47. The lowest BCUT2D eigenvalue weighted by Gasteiger charge is -2.23. The maximum atomic E-state index is 11.0. The SMILES string of the molecule is C[C@@H](O)[C@@H](Nc1ncnc2ccc(Br)cc12)C(=O)[O-]. The topological polar surface area (TPSA) is 98.2 Å². The van der Waals surface area contributed by atoms with E-state index in [4.69, 9.17) is 0 Å². The van der Waals surface area contributed by atoms with Crippen molar-refractivity contribution in [1.29, 1.82) is 0 Å². The van der Waals surface area contributed by atoms with E-state index in [2.05, 4.69) is 31.2 Å². The first-order valence-corrected chi connectivity index (χ1v) is 6.34. The van der Waals surface area contributed by atoms with Gasteiger partial charge in [-0.3, -0.25) is 0 Å². The molecule has 19 heavy (non-hydrogen) atoms. The molecule has 1 heterocycles. The Labute approximate surface area is 117 Å². The van der Waals surface area contributed by atoms with E-state index in [-0.39, 0.29) is 0 Å². The first kappa shape index (κ1) is 13.7. The van der Waals surface area contributed by atoms with E-state index >= 15 is 0 Å². The van der Waals surface area contributed by atoms with Gasteiger partial charge in [0, 0.05) is 9.86 Å². The average Bonchev–Trinajstić information content (AvgIpc) is 2.35. The molecule has 0 bridgehead atoms. The summed E-state index contributed by atoms with van der Waals surface area (Å²) >= 11 is 3.33. The van der Waals surface area contributed by atoms with Crippen molar-refractivity contribution in [3.05, 3.63) is 29.0 Å². The van der Waals surface area contributed by atoms with Crippen LogP contribution < -0.4 is 10.4 Å². The fourth-order valence-corrected chi connectivity index (χ4v) is 2.03. The van der Waals surface area contributed by atoms with E-state index < -0.39 is 18.1 Å². The summed E-state index contributed by atoms with van der Waals surface area (Å²) in [4.78, 5) is 19.1. The van der Waals surface area contributed by atoms with Crippen molar-refractivity contribution in [1.82, 2.24) is 9.97 Å². The Morgan fingerprint density at radius 1 is 1.47 bits per heavy atom. The van der Waals surface area contributed by atoms with Crippen molar-refractivity contribution < 1.29 is 15.0 Å². The van der Waals surface area contributed by atoms with E-state index in [0.29, 0.717) is 16.7 Å². The number of aliphatic hydroxyl groups excluding tert-OH is 1. The van der Waals surface area contributed by atoms with Crippen LogP contribution in [-0.2, 0) is 4.79 Å². The van der Waals surface area contributed by atoms with Crippen LogP contribution in [0.3, 0.4) is 0 Å². The first-order chi connectivity index (χ1) is 8.99. The Bertz CT molecular complexity index is 618. The Kier molecular flexibility index (Phi) is 3.96. The molecule has 0 spiro atoms. The van der Waals surface area contributed by atoms with E-state index in [1.165, 1.54) is 13.3 Å². The average molecular weight is 325 g/mol. The van der Waals surface area contributed by atoms with Crippen molar-refractivity contribution in [2.24, 2.45) is 0 Å². The summed E-state index contributed by atoms with van der Waals surface area (Å²) in [5.41, 5.74) is 0.670. The van der Waals surface area contributed by atoms with E-state index in [1.807, 2.05) is 6.07 Å². The summed E-state index contributed by atoms with van der Waals surface area (Å²) < 4.78 is 0.819. The summed E-state index contributed by atoms with van der Waals surface area (Å²) in [5.74, 6) is -1.06. The molecular formula is C12H11BrN3O3-. The fourth-order valence-electron chi connectivity index (χ4n) is 1.67. The number of rotatable bonds is 4. The highest BCUT2D eigenvalue weighted by Gasteiger charge is 2.17. The third-order valence-electron chi connectivity index (χ3n) is 2.63. The molecule has 6 nitrogen and oxygen atoms in total. The quantitative estimate of drug-likeness (QED) is 0.839. The van der Waals surface area contributed by atoms with Crippen LogP contribution in [0.1, 0.15) is 6.92 Å². The van der Waals surface area contributed by atoms with Crippen molar-refractivity contribution in [3.63, 3.8) is 0 Å². The highest BCUT2D eigenvalue weighted by Crippen LogP contribution is 2.23. The fraction of sp³-hybridized carbons (Fsp3) is 0.250. The van der Waals surface area contributed by atoms with Crippen LogP contribution in [0, 0.1) is 0 Å². The Morgan fingerprint density at radius 2 is 2.21 bits per heavy atom. The number of aliphatic hydroxyl groups is 1. The molecule has 2 atom stereocenters. The number of aromatic nitrogens is 2. The number of fused-ring (bicyclic) bond motifs is 1. The van der Waals surface area contributed by atoms with Gasteiger partial charge < -0.3 is 20.3 Å². The van der Waals surface area contributed by atoms with Crippen LogP contribution >= 0.6 is 15.9 Å². The number of carbonyl (C=O) groups is 1. The number of nitrogens with zero attached hydrogens (tertiary/aromatic N) is 2. The van der Waals surface area contributed by atoms with Gasteiger partial charge in [-0.1, -0.05) is 15.9 Å². The third kappa shape index (κ3) is 2.99. The normalized spacial score (nSPS) is 14.1. The predicted molar refractivity (Wildman–Crippen MR) is 71.3 cm³/mol. The zero-order valence-electron chi connectivity index (χ0n) is 10.0. The standard InChI is InChI=1S/C12H12BrN3O3/c1-6(17)10(12(18)19)16-11-8-4-7(13)2-3-9(8)14-5-15-11/h2-6,10,17H,1H3,(H,18,19)(H,14,15,16)/p-1/t6-,10-/m1/s1. The van der Waals surface area contributed by atoms with Gasteiger partial charge in [0.1, 0.15) is 12.1 Å². The summed E-state index contributed by atoms with van der Waals surface area (Å²) in [5, 5.41) is 23.7. The molecule has 1 aromatic heterocycles. The highest BCUT2D eigenvalue weighted by atomic mass is 79.9. The molecular weight excluding hydrogens is 314 g/mol. The second-order valence-electron chi connectivity index (χ2n) is 4.07. The van der Waals surface area contributed by atoms with Crippen molar-refractivity contribution in [2.75, 3.05) is 5.32 Å². The minimum atomic E-state index is -1.39. The number of hydrogen-bond acceptors (Lipinski definition) is 6. The maximum Gasteiger partial charge on any atom is 0.137 e. The van der Waals surface area contributed by atoms with Gasteiger partial charge >= 0.3 is 0 Å². The number of anilines is 1. The zero-order valence-corrected chi connectivity index (χ0v) is 11.6. The van der Waals surface area contributed by atoms with Crippen molar-refractivity contribution in [3.8, 4) is 0 Å². The second-order valence-corrected chi connectivity index (χ2v) is 4.98. The Balaban J connectivity index is 2.44. The molecule has 0 aliphatic heterocycles. The minimum Gasteiger partial charge on any atom is -0.548 e. The zero-order chi connectivity index (χ0) is 14.0. The van der Waals surface area contributed by atoms with Crippen molar-refractivity contribution in [2.45, 2.75) is 19.1 Å². The van der Waals surface area contributed by atoms with Gasteiger partial charge in [-0.2, -0.15) is 0 Å². The van der Waals surface area contributed by atoms with Crippen molar-refractivity contribution >= 4 is 38.6 Å². The lowest BCUT2D eigenvalue weighted by molar-refractivity contribution is -0.308. The molecule has 0 aliphatic rings. The minimum absolute atomic E-state index is 0.335. The summed E-state index contributed by atoms with van der Waals surface area (Å²) in [6, 6.07) is 4.13. The number of carboxylic acid groups (broad SMARTS) is 1. The smallest absolute Gasteiger partial charge is 0.137 e. The second kappa shape index (κ2) is 5.50. The molecule has 1 aromatic carbocycles. The molecule has 0 unspecified atom stereocenters. The predicted octanol–water partition coefficient (Wildman–Crippen LogP) is 0.303. The van der Waals surface area contributed by atoms with Crippen LogP contribution in [0.2, 0.25) is 0 Å². The molecule has 100 valence electrons. The monoisotopic (exact) mass is 324 g/mol. The van der Waals surface area contributed by atoms with Gasteiger partial charge in [0.05, 0.1) is 23.6 Å². The summed E-state index contributed by atoms with van der Waals surface area (Å²) in [7, 11) is 0. The number of carboxylic acids is 1. The third-order valence-corrected chi connectivity index (χ3v) is 3.12. The van der Waals surface area contributed by atoms with E-state index in [0.717, 1.165) is 4.47 Å². The first-order valence-electron chi connectivity index (χ1n) is 5.55. The molecule has 0 saturated carbocycles. The molecule has 0 fully saturated rings. The molecule has 0 saturated heterocycles. The number of hydrogen-bond donors (Lipinski definition) is 2. The number of halogens is 1. The summed E-state index contributed by atoms with van der Waals surface area (Å²) in [6.45, 7) is 1.37. The van der Waals surface area contributed by atoms with Crippen LogP contribution in [0.15, 0.2) is 29.0 Å². The van der Waals surface area contributed by atoms with Crippen LogP contribution in [0.5, 0.6) is 0 Å². The van der Waals surface area contributed by atoms with Gasteiger partial charge in [-0.05, 0) is 25.1 Å². The largest absolute Gasteiger partial charge is 0.548 e. The molecule has 0 amide bonds. The molecule has 0 radical (unpaired) electrons. The van der Waals surface area contributed by atoms with Crippen LogP contribution in [-0.4, -0.2) is 33.2 Å². The number of aliphatic carboxylic acids is 1. The van der Waals surface area contributed by atoms with Gasteiger partial charge in [-0.15, -0.1) is 0 Å². The molecule has 2 rings (SSSR count). The molecule has 0 aliphatic carbocycles. The van der Waals surface area contributed by atoms with Crippen LogP contribution in [0.25, 0.3) is 10.9 Å². The Morgan fingerprint density at radius 3 is 2.84 bits per heavy atom. The van der Waals surface area contributed by atoms with Gasteiger partial charge in [0.25, 0.3) is 0 Å². The molecule has 2 aromatic rings.